The Morgan fingerprint density at radius 3 is 2.60 bits per heavy atom. The fraction of sp³-hybridized carbons (Fsp3) is 0.333. The largest absolute Gasteiger partial charge is 0.466 e. The molecule has 3 fully saturated rings. The van der Waals surface area contributed by atoms with Crippen molar-refractivity contribution >= 4 is 22.4 Å². The van der Waals surface area contributed by atoms with Crippen LogP contribution in [0.4, 0.5) is 24.7 Å². The van der Waals surface area contributed by atoms with E-state index in [0.29, 0.717) is 23.3 Å². The predicted octanol–water partition coefficient (Wildman–Crippen LogP) is 7.69. The Kier molecular flexibility index (Phi) is 5.10. The van der Waals surface area contributed by atoms with E-state index in [1.807, 2.05) is 0 Å². The van der Waals surface area contributed by atoms with Gasteiger partial charge in [-0.05, 0) is 61.6 Å². The number of furan rings is 1. The van der Waals surface area contributed by atoms with Crippen LogP contribution >= 0.6 is 0 Å². The summed E-state index contributed by atoms with van der Waals surface area (Å²) in [6, 6.07) is 5.23. The minimum Gasteiger partial charge on any atom is -0.466 e. The van der Waals surface area contributed by atoms with E-state index in [2.05, 4.69) is 27.1 Å². The van der Waals surface area contributed by atoms with Crippen LogP contribution in [-0.4, -0.2) is 16.0 Å². The van der Waals surface area contributed by atoms with Gasteiger partial charge in [0.1, 0.15) is 17.4 Å². The molecule has 35 heavy (non-hydrogen) atoms. The Labute approximate surface area is 200 Å². The molecule has 2 N–H and O–H groups in total. The number of hydrogen-bond acceptors (Lipinski definition) is 3. The number of nitrogens with one attached hydrogen (secondary N) is 2. The Morgan fingerprint density at radius 1 is 1.14 bits per heavy atom. The molecule has 5 nitrogen and oxygen atoms in total. The molecule has 0 amide bonds. The highest BCUT2D eigenvalue weighted by Crippen LogP contribution is 2.48. The molecule has 3 aliphatic carbocycles. The molecule has 0 saturated heterocycles. The van der Waals surface area contributed by atoms with E-state index >= 15 is 4.39 Å². The molecule has 8 heteroatoms. The highest BCUT2D eigenvalue weighted by atomic mass is 19.1. The first-order valence-electron chi connectivity index (χ1n) is 11.8. The van der Waals surface area contributed by atoms with E-state index in [9.17, 15) is 8.78 Å². The van der Waals surface area contributed by atoms with Gasteiger partial charge in [0.2, 0.25) is 5.69 Å². The first-order valence-corrected chi connectivity index (χ1v) is 11.8. The summed E-state index contributed by atoms with van der Waals surface area (Å²) in [6.07, 6.45) is 7.44. The lowest BCUT2D eigenvalue weighted by molar-refractivity contribution is 0.0926. The van der Waals surface area contributed by atoms with E-state index in [-0.39, 0.29) is 45.5 Å². The quantitative estimate of drug-likeness (QED) is 0.297. The number of nitrogens with zero attached hydrogens (tertiary/aromatic N) is 2. The zero-order valence-electron chi connectivity index (χ0n) is 19.0. The maximum absolute atomic E-state index is 16.0. The maximum atomic E-state index is 16.0. The standard InChI is InChI=1S/C27H23F3N4O/c1-13-14-5-7-15(8-6-14)23(13)33-27-22(30)21(20-4-3-9-35-20)26(31-2)25(34-27)18-12-32-24-17(18)10-16(28)11-19(24)29/h3-4,9-15,23,32H,5-8H2,1H3,(H,33,34)/t13-,14?,15?,23+/m0/s1. The van der Waals surface area contributed by atoms with Crippen molar-refractivity contribution < 1.29 is 17.6 Å². The molecule has 0 unspecified atom stereocenters. The van der Waals surface area contributed by atoms with Crippen LogP contribution < -0.4 is 5.32 Å². The van der Waals surface area contributed by atoms with Gasteiger partial charge in [-0.1, -0.05) is 6.92 Å². The zero-order valence-corrected chi connectivity index (χ0v) is 19.0. The third-order valence-electron chi connectivity index (χ3n) is 7.89. The van der Waals surface area contributed by atoms with E-state index in [1.165, 1.54) is 31.4 Å². The van der Waals surface area contributed by atoms with Crippen LogP contribution in [0.2, 0.25) is 0 Å². The molecule has 178 valence electrons. The van der Waals surface area contributed by atoms with Gasteiger partial charge in [-0.3, -0.25) is 0 Å². The van der Waals surface area contributed by atoms with Crippen molar-refractivity contribution in [1.29, 1.82) is 0 Å². The van der Waals surface area contributed by atoms with E-state index in [4.69, 9.17) is 11.0 Å². The number of halogens is 3. The molecule has 4 aromatic rings. The summed E-state index contributed by atoms with van der Waals surface area (Å²) in [5.41, 5.74) is 0.457. The van der Waals surface area contributed by atoms with Gasteiger partial charge >= 0.3 is 0 Å². The third-order valence-corrected chi connectivity index (χ3v) is 7.89. The van der Waals surface area contributed by atoms with Crippen LogP contribution in [0.25, 0.3) is 38.3 Å². The molecular weight excluding hydrogens is 453 g/mol. The average molecular weight is 477 g/mol. The topological polar surface area (TPSA) is 58.2 Å². The van der Waals surface area contributed by atoms with Crippen molar-refractivity contribution in [1.82, 2.24) is 9.97 Å². The summed E-state index contributed by atoms with van der Waals surface area (Å²) < 4.78 is 50.0. The van der Waals surface area contributed by atoms with Gasteiger partial charge in [0.05, 0.1) is 29.6 Å². The zero-order chi connectivity index (χ0) is 24.3. The highest BCUT2D eigenvalue weighted by molar-refractivity contribution is 6.01. The lowest BCUT2D eigenvalue weighted by Crippen LogP contribution is -2.47. The number of rotatable bonds is 4. The van der Waals surface area contributed by atoms with Crippen LogP contribution in [-0.2, 0) is 0 Å². The molecule has 1 aromatic carbocycles. The number of fused-ring (bicyclic) bond motifs is 4. The summed E-state index contributed by atoms with van der Waals surface area (Å²) in [5.74, 6) is -0.592. The van der Waals surface area contributed by atoms with Crippen molar-refractivity contribution in [3.8, 4) is 22.6 Å². The fourth-order valence-electron chi connectivity index (χ4n) is 6.10. The van der Waals surface area contributed by atoms with Crippen LogP contribution in [0.15, 0.2) is 41.1 Å². The number of hydrogen-bond donors (Lipinski definition) is 2. The van der Waals surface area contributed by atoms with Crippen molar-refractivity contribution in [3.05, 3.63) is 65.6 Å². The van der Waals surface area contributed by atoms with E-state index in [0.717, 1.165) is 18.9 Å². The molecular formula is C27H23F3N4O. The van der Waals surface area contributed by atoms with E-state index < -0.39 is 17.5 Å². The third kappa shape index (κ3) is 3.41. The first kappa shape index (κ1) is 21.8. The molecule has 3 aliphatic rings. The van der Waals surface area contributed by atoms with Crippen LogP contribution in [0.1, 0.15) is 32.6 Å². The monoisotopic (exact) mass is 476 g/mol. The molecule has 0 aliphatic heterocycles. The summed E-state index contributed by atoms with van der Waals surface area (Å²) in [5, 5.41) is 3.60. The molecule has 0 spiro atoms. The number of aromatic amines is 1. The van der Waals surface area contributed by atoms with Crippen LogP contribution in [0.5, 0.6) is 0 Å². The van der Waals surface area contributed by atoms with Gasteiger partial charge < -0.3 is 14.7 Å². The second-order valence-corrected chi connectivity index (χ2v) is 9.65. The SMILES string of the molecule is [C-]#[N+]c1c(-c2c[nH]c3c(F)cc(F)cc23)nc(N[C@H]2C3CCC(CC3)[C@@H]2C)c(F)c1-c1ccco1. The molecule has 3 heterocycles. The second-order valence-electron chi connectivity index (χ2n) is 9.65. The fourth-order valence-corrected chi connectivity index (χ4v) is 6.10. The number of aromatic nitrogens is 2. The minimum atomic E-state index is -0.755. The van der Waals surface area contributed by atoms with Gasteiger partial charge in [0.15, 0.2) is 11.6 Å². The van der Waals surface area contributed by atoms with Gasteiger partial charge in [0.25, 0.3) is 0 Å². The second kappa shape index (κ2) is 8.19. The Bertz CT molecular complexity index is 1460. The number of H-pyrrole nitrogens is 1. The summed E-state index contributed by atoms with van der Waals surface area (Å²) in [7, 11) is 0. The molecule has 7 rings (SSSR count). The van der Waals surface area contributed by atoms with Crippen molar-refractivity contribution in [3.63, 3.8) is 0 Å². The smallest absolute Gasteiger partial charge is 0.226 e. The lowest BCUT2D eigenvalue weighted by Gasteiger charge is -2.47. The van der Waals surface area contributed by atoms with Gasteiger partial charge in [-0.15, -0.1) is 0 Å². The molecule has 2 atom stereocenters. The maximum Gasteiger partial charge on any atom is 0.226 e. The van der Waals surface area contributed by atoms with Crippen molar-refractivity contribution in [2.75, 3.05) is 5.32 Å². The average Bonchev–Trinajstić information content (AvgIpc) is 3.53. The van der Waals surface area contributed by atoms with Gasteiger partial charge in [-0.25, -0.2) is 23.0 Å². The number of benzene rings is 1. The first-order chi connectivity index (χ1) is 17.0. The number of pyridine rings is 1. The normalized spacial score (nSPS) is 23.5. The van der Waals surface area contributed by atoms with E-state index in [1.54, 1.807) is 12.1 Å². The predicted molar refractivity (Wildman–Crippen MR) is 127 cm³/mol. The summed E-state index contributed by atoms with van der Waals surface area (Å²) >= 11 is 0. The van der Waals surface area contributed by atoms with Gasteiger partial charge in [0, 0.05) is 29.3 Å². The molecule has 0 radical (unpaired) electrons. The van der Waals surface area contributed by atoms with Crippen LogP contribution in [0.3, 0.4) is 0 Å². The molecule has 2 bridgehead atoms. The molecule has 3 aromatic heterocycles. The number of anilines is 1. The Balaban J connectivity index is 1.57. The summed E-state index contributed by atoms with van der Waals surface area (Å²) in [4.78, 5) is 11.0. The van der Waals surface area contributed by atoms with Crippen LogP contribution in [0, 0.1) is 41.8 Å². The Morgan fingerprint density at radius 2 is 1.91 bits per heavy atom. The minimum absolute atomic E-state index is 0.0163. The molecule has 3 saturated carbocycles. The highest BCUT2D eigenvalue weighted by Gasteiger charge is 2.42. The lowest BCUT2D eigenvalue weighted by atomic mass is 9.62. The van der Waals surface area contributed by atoms with Crippen molar-refractivity contribution in [2.45, 2.75) is 38.6 Å². The summed E-state index contributed by atoms with van der Waals surface area (Å²) in [6.45, 7) is 10.0. The Hall–Kier alpha value is -3.73. The van der Waals surface area contributed by atoms with Gasteiger partial charge in [-0.2, -0.15) is 0 Å². The van der Waals surface area contributed by atoms with Crippen molar-refractivity contribution in [2.24, 2.45) is 17.8 Å².